The van der Waals surface area contributed by atoms with Crippen LogP contribution < -0.4 is 5.73 Å². The molecule has 1 saturated carbocycles. The molecule has 0 amide bonds. The first-order valence-electron chi connectivity index (χ1n) is 5.02. The van der Waals surface area contributed by atoms with E-state index in [2.05, 4.69) is 9.97 Å². The topological polar surface area (TPSA) is 56.7 Å². The van der Waals surface area contributed by atoms with E-state index >= 15 is 0 Å². The maximum Gasteiger partial charge on any atom is 0.205 e. The second kappa shape index (κ2) is 3.18. The summed E-state index contributed by atoms with van der Waals surface area (Å²) in [6.45, 7) is 0.483. The molecule has 4 nitrogen and oxygen atoms in total. The summed E-state index contributed by atoms with van der Waals surface area (Å²) in [5.74, 6) is 0. The number of pyridine rings is 1. The molecule has 1 aliphatic carbocycles. The highest BCUT2D eigenvalue weighted by molar-refractivity contribution is 6.29. The van der Waals surface area contributed by atoms with Crippen LogP contribution in [0.15, 0.2) is 12.3 Å². The van der Waals surface area contributed by atoms with Crippen molar-refractivity contribution >= 4 is 22.8 Å². The zero-order valence-corrected chi connectivity index (χ0v) is 8.91. The van der Waals surface area contributed by atoms with Gasteiger partial charge in [-0.1, -0.05) is 0 Å². The minimum atomic E-state index is 0.483. The van der Waals surface area contributed by atoms with Crippen molar-refractivity contribution in [1.29, 1.82) is 0 Å². The van der Waals surface area contributed by atoms with Crippen LogP contribution in [0.2, 0.25) is 5.28 Å². The van der Waals surface area contributed by atoms with Crippen LogP contribution in [0, 0.1) is 0 Å². The summed E-state index contributed by atoms with van der Waals surface area (Å²) in [7, 11) is 0. The Morgan fingerprint density at radius 2 is 2.33 bits per heavy atom. The fourth-order valence-corrected chi connectivity index (χ4v) is 2.07. The molecule has 0 radical (unpaired) electrons. The van der Waals surface area contributed by atoms with Crippen molar-refractivity contribution < 1.29 is 0 Å². The Labute approximate surface area is 92.1 Å². The Balaban J connectivity index is 2.23. The molecular formula is C10H11ClN4. The zero-order chi connectivity index (χ0) is 10.4. The van der Waals surface area contributed by atoms with Gasteiger partial charge >= 0.3 is 0 Å². The largest absolute Gasteiger partial charge is 0.326 e. The molecule has 0 aromatic carbocycles. The lowest BCUT2D eigenvalue weighted by atomic mass is 10.3. The highest BCUT2D eigenvalue weighted by atomic mass is 35.5. The number of aromatic nitrogens is 3. The van der Waals surface area contributed by atoms with Crippen molar-refractivity contribution in [2.24, 2.45) is 5.73 Å². The maximum atomic E-state index is 6.08. The first-order valence-corrected chi connectivity index (χ1v) is 5.40. The van der Waals surface area contributed by atoms with E-state index in [0.29, 0.717) is 17.9 Å². The molecule has 0 atom stereocenters. The number of fused-ring (bicyclic) bond motifs is 1. The molecule has 5 heteroatoms. The van der Waals surface area contributed by atoms with Crippen LogP contribution in [-0.4, -0.2) is 14.5 Å². The van der Waals surface area contributed by atoms with Gasteiger partial charge in [0.15, 0.2) is 5.65 Å². The van der Waals surface area contributed by atoms with Gasteiger partial charge < -0.3 is 5.73 Å². The van der Waals surface area contributed by atoms with Gasteiger partial charge in [0.25, 0.3) is 0 Å². The predicted octanol–water partition coefficient (Wildman–Crippen LogP) is 1.88. The van der Waals surface area contributed by atoms with Gasteiger partial charge in [0.2, 0.25) is 5.28 Å². The van der Waals surface area contributed by atoms with Crippen molar-refractivity contribution in [2.45, 2.75) is 25.4 Å². The maximum absolute atomic E-state index is 6.08. The molecule has 0 bridgehead atoms. The third-order valence-corrected chi connectivity index (χ3v) is 2.96. The molecule has 0 unspecified atom stereocenters. The molecule has 1 aliphatic rings. The number of rotatable bonds is 2. The van der Waals surface area contributed by atoms with E-state index in [1.165, 1.54) is 12.8 Å². The molecule has 2 heterocycles. The standard InChI is InChI=1S/C10H11ClN4/c11-10-14-8-3-6(4-12)5-13-9(8)15(10)7-1-2-7/h3,5,7H,1-2,4,12H2. The molecular weight excluding hydrogens is 212 g/mol. The van der Waals surface area contributed by atoms with Gasteiger partial charge in [-0.2, -0.15) is 0 Å². The Kier molecular flexibility index (Phi) is 1.94. The van der Waals surface area contributed by atoms with E-state index in [-0.39, 0.29) is 0 Å². The monoisotopic (exact) mass is 222 g/mol. The number of halogens is 1. The molecule has 15 heavy (non-hydrogen) atoms. The third-order valence-electron chi connectivity index (χ3n) is 2.69. The highest BCUT2D eigenvalue weighted by Gasteiger charge is 2.28. The van der Waals surface area contributed by atoms with E-state index in [4.69, 9.17) is 17.3 Å². The molecule has 2 N–H and O–H groups in total. The molecule has 0 saturated heterocycles. The minimum absolute atomic E-state index is 0.483. The Hall–Kier alpha value is -1.13. The number of nitrogens with zero attached hydrogens (tertiary/aromatic N) is 3. The van der Waals surface area contributed by atoms with Crippen LogP contribution in [0.25, 0.3) is 11.2 Å². The lowest BCUT2D eigenvalue weighted by Crippen LogP contribution is -1.98. The van der Waals surface area contributed by atoms with Crippen molar-refractivity contribution in [3.8, 4) is 0 Å². The van der Waals surface area contributed by atoms with Gasteiger partial charge in [0, 0.05) is 18.8 Å². The summed E-state index contributed by atoms with van der Waals surface area (Å²) in [6.07, 6.45) is 4.14. The summed E-state index contributed by atoms with van der Waals surface area (Å²) in [5.41, 5.74) is 8.25. The van der Waals surface area contributed by atoms with Crippen molar-refractivity contribution in [1.82, 2.24) is 14.5 Å². The van der Waals surface area contributed by atoms with Crippen LogP contribution in [0.1, 0.15) is 24.4 Å². The summed E-state index contributed by atoms with van der Waals surface area (Å²) in [4.78, 5) is 8.66. The van der Waals surface area contributed by atoms with E-state index in [1.54, 1.807) is 6.20 Å². The number of hydrogen-bond acceptors (Lipinski definition) is 3. The SMILES string of the molecule is NCc1cnc2c(c1)nc(Cl)n2C1CC1. The van der Waals surface area contributed by atoms with E-state index in [1.807, 2.05) is 10.6 Å². The van der Waals surface area contributed by atoms with Gasteiger partial charge in [-0.25, -0.2) is 9.97 Å². The fraction of sp³-hybridized carbons (Fsp3) is 0.400. The summed E-state index contributed by atoms with van der Waals surface area (Å²) in [6, 6.07) is 2.45. The van der Waals surface area contributed by atoms with E-state index in [9.17, 15) is 0 Å². The van der Waals surface area contributed by atoms with Crippen LogP contribution in [0.5, 0.6) is 0 Å². The van der Waals surface area contributed by atoms with Crippen LogP contribution in [-0.2, 0) is 6.54 Å². The van der Waals surface area contributed by atoms with Crippen molar-refractivity contribution in [2.75, 3.05) is 0 Å². The fourth-order valence-electron chi connectivity index (χ4n) is 1.76. The highest BCUT2D eigenvalue weighted by Crippen LogP contribution is 2.39. The predicted molar refractivity (Wildman–Crippen MR) is 58.7 cm³/mol. The lowest BCUT2D eigenvalue weighted by molar-refractivity contribution is 0.758. The van der Waals surface area contributed by atoms with E-state index in [0.717, 1.165) is 16.7 Å². The van der Waals surface area contributed by atoms with Gasteiger partial charge in [-0.3, -0.25) is 4.57 Å². The first kappa shape index (κ1) is 9.12. The molecule has 1 fully saturated rings. The number of imidazole rings is 1. The second-order valence-corrected chi connectivity index (χ2v) is 4.21. The van der Waals surface area contributed by atoms with Gasteiger partial charge in [-0.05, 0) is 36.1 Å². The average Bonchev–Trinajstić information content (AvgIpc) is 3.00. The summed E-state index contributed by atoms with van der Waals surface area (Å²) < 4.78 is 2.01. The number of hydrogen-bond donors (Lipinski definition) is 1. The average molecular weight is 223 g/mol. The Bertz CT molecular complexity index is 515. The summed E-state index contributed by atoms with van der Waals surface area (Å²) >= 11 is 6.08. The molecule has 2 aromatic heterocycles. The van der Waals surface area contributed by atoms with Crippen LogP contribution in [0.3, 0.4) is 0 Å². The zero-order valence-electron chi connectivity index (χ0n) is 8.15. The molecule has 3 rings (SSSR count). The van der Waals surface area contributed by atoms with Crippen LogP contribution >= 0.6 is 11.6 Å². The summed E-state index contributed by atoms with van der Waals surface area (Å²) in [5, 5.41) is 0.536. The van der Waals surface area contributed by atoms with Crippen molar-refractivity contribution in [3.05, 3.63) is 23.1 Å². The lowest BCUT2D eigenvalue weighted by Gasteiger charge is -2.01. The quantitative estimate of drug-likeness (QED) is 0.844. The smallest absolute Gasteiger partial charge is 0.205 e. The molecule has 2 aromatic rings. The normalized spacial score (nSPS) is 16.1. The third kappa shape index (κ3) is 1.41. The van der Waals surface area contributed by atoms with E-state index < -0.39 is 0 Å². The Morgan fingerprint density at radius 3 is 3.00 bits per heavy atom. The van der Waals surface area contributed by atoms with Crippen LogP contribution in [0.4, 0.5) is 0 Å². The van der Waals surface area contributed by atoms with Gasteiger partial charge in [-0.15, -0.1) is 0 Å². The molecule has 0 aliphatic heterocycles. The molecule has 0 spiro atoms. The first-order chi connectivity index (χ1) is 7.29. The Morgan fingerprint density at radius 1 is 1.53 bits per heavy atom. The van der Waals surface area contributed by atoms with Gasteiger partial charge in [0.05, 0.1) is 0 Å². The van der Waals surface area contributed by atoms with Crippen molar-refractivity contribution in [3.63, 3.8) is 0 Å². The minimum Gasteiger partial charge on any atom is -0.326 e. The van der Waals surface area contributed by atoms with Gasteiger partial charge in [0.1, 0.15) is 5.52 Å². The second-order valence-electron chi connectivity index (χ2n) is 3.87. The number of nitrogens with two attached hydrogens (primary N) is 1. The molecule has 78 valence electrons.